The van der Waals surface area contributed by atoms with Gasteiger partial charge in [0.1, 0.15) is 16.6 Å². The van der Waals surface area contributed by atoms with Crippen LogP contribution in [0.1, 0.15) is 31.9 Å². The van der Waals surface area contributed by atoms with Crippen molar-refractivity contribution < 1.29 is 0 Å². The standard InChI is InChI=1S/C25H29N9S/c1-3-32-13-19-7-18(32)14-34(19)25-28-15(2)6-23(31-25)30-22-8-20-21(10-26-22)35-24(29-20)17-9-27-33(12-17)11-16-4-5-16/h6,8-10,12,16,18-19H,3-5,7,11,13-14H2,1-2H3,(H,26,28,30,31)/t18-,19-/m0/s1. The monoisotopic (exact) mass is 487 g/mol. The molecule has 9 nitrogen and oxygen atoms in total. The summed E-state index contributed by atoms with van der Waals surface area (Å²) in [5, 5.41) is 8.90. The first-order valence-corrected chi connectivity index (χ1v) is 13.4. The lowest BCUT2D eigenvalue weighted by molar-refractivity contribution is 0.250. The molecule has 0 amide bonds. The topological polar surface area (TPSA) is 87.9 Å². The SMILES string of the molecule is CCN1C[C@@H]2C[C@H]1CN2c1nc(C)cc(Nc2cc3nc(-c4cnn(CC5CC5)c4)sc3cn2)n1. The summed E-state index contributed by atoms with van der Waals surface area (Å²) in [5.41, 5.74) is 2.95. The van der Waals surface area contributed by atoms with Gasteiger partial charge in [0, 0.05) is 67.5 Å². The van der Waals surface area contributed by atoms with Crippen LogP contribution in [0, 0.1) is 12.8 Å². The molecule has 0 radical (unpaired) electrons. The van der Waals surface area contributed by atoms with Crippen LogP contribution in [0.4, 0.5) is 17.6 Å². The van der Waals surface area contributed by atoms with E-state index in [4.69, 9.17) is 15.0 Å². The highest BCUT2D eigenvalue weighted by Gasteiger charge is 2.43. The van der Waals surface area contributed by atoms with Crippen LogP contribution in [0.5, 0.6) is 0 Å². The maximum atomic E-state index is 4.87. The van der Waals surface area contributed by atoms with E-state index < -0.39 is 0 Å². The summed E-state index contributed by atoms with van der Waals surface area (Å²) in [6, 6.07) is 5.10. The van der Waals surface area contributed by atoms with Gasteiger partial charge in [0.25, 0.3) is 0 Å². The molecule has 1 N–H and O–H groups in total. The van der Waals surface area contributed by atoms with Gasteiger partial charge in [-0.05, 0) is 38.6 Å². The molecule has 6 heterocycles. The molecule has 10 heteroatoms. The number of thiazole rings is 1. The summed E-state index contributed by atoms with van der Waals surface area (Å²) >= 11 is 1.65. The van der Waals surface area contributed by atoms with E-state index in [2.05, 4.69) is 38.3 Å². The second-order valence-electron chi connectivity index (χ2n) is 10.1. The third kappa shape index (κ3) is 4.04. The minimum atomic E-state index is 0.506. The number of hydrogen-bond donors (Lipinski definition) is 1. The molecule has 3 fully saturated rings. The largest absolute Gasteiger partial charge is 0.335 e. The number of likely N-dealkylation sites (N-methyl/N-ethyl adjacent to an activating group) is 1. The number of nitrogens with one attached hydrogen (secondary N) is 1. The smallest absolute Gasteiger partial charge is 0.227 e. The van der Waals surface area contributed by atoms with E-state index in [1.54, 1.807) is 11.3 Å². The molecule has 1 saturated carbocycles. The number of hydrogen-bond acceptors (Lipinski definition) is 9. The molecule has 0 aromatic carbocycles. The van der Waals surface area contributed by atoms with Gasteiger partial charge >= 0.3 is 0 Å². The van der Waals surface area contributed by atoms with E-state index in [0.29, 0.717) is 12.1 Å². The van der Waals surface area contributed by atoms with E-state index in [1.165, 1.54) is 19.3 Å². The highest BCUT2D eigenvalue weighted by Crippen LogP contribution is 2.35. The van der Waals surface area contributed by atoms with Gasteiger partial charge in [-0.15, -0.1) is 11.3 Å². The maximum absolute atomic E-state index is 4.87. The molecule has 4 aromatic rings. The van der Waals surface area contributed by atoms with Crippen molar-refractivity contribution in [1.82, 2.24) is 34.6 Å². The Bertz CT molecular complexity index is 1390. The number of anilines is 3. The fraction of sp³-hybridized carbons (Fsp3) is 0.480. The lowest BCUT2D eigenvalue weighted by Crippen LogP contribution is -2.46. The van der Waals surface area contributed by atoms with E-state index in [-0.39, 0.29) is 0 Å². The van der Waals surface area contributed by atoms with Crippen molar-refractivity contribution in [3.63, 3.8) is 0 Å². The number of fused-ring (bicyclic) bond motifs is 3. The van der Waals surface area contributed by atoms with Crippen LogP contribution in [0.15, 0.2) is 30.7 Å². The highest BCUT2D eigenvalue weighted by molar-refractivity contribution is 7.21. The Hall–Kier alpha value is -3.11. The number of aryl methyl sites for hydroxylation is 1. The zero-order chi connectivity index (χ0) is 23.5. The number of likely N-dealkylation sites (tertiary alicyclic amines) is 1. The Kier molecular flexibility index (Phi) is 4.99. The van der Waals surface area contributed by atoms with Gasteiger partial charge < -0.3 is 10.2 Å². The Morgan fingerprint density at radius 2 is 1.97 bits per heavy atom. The summed E-state index contributed by atoms with van der Waals surface area (Å²) in [6.45, 7) is 8.50. The van der Waals surface area contributed by atoms with Crippen LogP contribution in [-0.4, -0.2) is 66.3 Å². The van der Waals surface area contributed by atoms with E-state index >= 15 is 0 Å². The summed E-state index contributed by atoms with van der Waals surface area (Å²) in [6.07, 6.45) is 9.77. The van der Waals surface area contributed by atoms with Crippen molar-refractivity contribution in [3.05, 3.63) is 36.4 Å². The van der Waals surface area contributed by atoms with Crippen molar-refractivity contribution in [1.29, 1.82) is 0 Å². The van der Waals surface area contributed by atoms with Gasteiger partial charge in [0.15, 0.2) is 0 Å². The predicted molar refractivity (Wildman–Crippen MR) is 138 cm³/mol. The number of rotatable bonds is 7. The fourth-order valence-corrected chi connectivity index (χ4v) is 6.31. The second kappa shape index (κ2) is 8.23. The number of nitrogens with zero attached hydrogens (tertiary/aromatic N) is 8. The van der Waals surface area contributed by atoms with Crippen LogP contribution in [0.2, 0.25) is 0 Å². The first-order chi connectivity index (χ1) is 17.1. The van der Waals surface area contributed by atoms with Gasteiger partial charge in [-0.25, -0.2) is 15.0 Å². The van der Waals surface area contributed by atoms with Crippen molar-refractivity contribution in [2.24, 2.45) is 5.92 Å². The average molecular weight is 488 g/mol. The van der Waals surface area contributed by atoms with Crippen molar-refractivity contribution >= 4 is 39.1 Å². The summed E-state index contributed by atoms with van der Waals surface area (Å²) in [5.74, 6) is 3.12. The van der Waals surface area contributed by atoms with Crippen LogP contribution in [0.25, 0.3) is 20.8 Å². The molecule has 3 aliphatic rings. The van der Waals surface area contributed by atoms with Crippen LogP contribution < -0.4 is 10.2 Å². The third-order valence-electron chi connectivity index (χ3n) is 7.41. The van der Waals surface area contributed by atoms with Crippen LogP contribution in [-0.2, 0) is 6.54 Å². The average Bonchev–Trinajstić information content (AvgIpc) is 3.24. The van der Waals surface area contributed by atoms with Gasteiger partial charge in [0.05, 0.1) is 16.4 Å². The molecule has 7 rings (SSSR count). The summed E-state index contributed by atoms with van der Waals surface area (Å²) in [4.78, 5) is 24.1. The Balaban J connectivity index is 1.11. The summed E-state index contributed by atoms with van der Waals surface area (Å²) < 4.78 is 3.11. The van der Waals surface area contributed by atoms with Gasteiger partial charge in [0.2, 0.25) is 5.95 Å². The van der Waals surface area contributed by atoms with Crippen molar-refractivity contribution in [3.8, 4) is 10.6 Å². The van der Waals surface area contributed by atoms with Gasteiger partial charge in [-0.1, -0.05) is 6.92 Å². The molecule has 2 bridgehead atoms. The lowest BCUT2D eigenvalue weighted by atomic mass is 10.2. The van der Waals surface area contributed by atoms with E-state index in [9.17, 15) is 0 Å². The Labute approximate surface area is 208 Å². The van der Waals surface area contributed by atoms with E-state index in [1.807, 2.05) is 36.1 Å². The third-order valence-corrected chi connectivity index (χ3v) is 8.47. The van der Waals surface area contributed by atoms with Crippen LogP contribution in [0.3, 0.4) is 0 Å². The van der Waals surface area contributed by atoms with E-state index in [0.717, 1.165) is 76.2 Å². The quantitative estimate of drug-likeness (QED) is 0.417. The Morgan fingerprint density at radius 1 is 1.06 bits per heavy atom. The normalized spacial score (nSPS) is 21.9. The molecular weight excluding hydrogens is 458 g/mol. The molecule has 4 aromatic heterocycles. The lowest BCUT2D eigenvalue weighted by Gasteiger charge is -2.33. The molecule has 2 atom stereocenters. The zero-order valence-electron chi connectivity index (χ0n) is 20.1. The minimum absolute atomic E-state index is 0.506. The summed E-state index contributed by atoms with van der Waals surface area (Å²) in [7, 11) is 0. The molecule has 2 aliphatic heterocycles. The van der Waals surface area contributed by atoms with Crippen molar-refractivity contribution in [2.45, 2.75) is 51.7 Å². The van der Waals surface area contributed by atoms with Crippen molar-refractivity contribution in [2.75, 3.05) is 29.9 Å². The molecule has 2 saturated heterocycles. The van der Waals surface area contributed by atoms with Gasteiger partial charge in [-0.3, -0.25) is 9.58 Å². The zero-order valence-corrected chi connectivity index (χ0v) is 20.9. The van der Waals surface area contributed by atoms with Gasteiger partial charge in [-0.2, -0.15) is 10.1 Å². The number of aromatic nitrogens is 6. The minimum Gasteiger partial charge on any atom is -0.335 e. The predicted octanol–water partition coefficient (Wildman–Crippen LogP) is 4.09. The molecule has 180 valence electrons. The first kappa shape index (κ1) is 21.2. The highest BCUT2D eigenvalue weighted by atomic mass is 32.1. The first-order valence-electron chi connectivity index (χ1n) is 12.5. The molecule has 1 aliphatic carbocycles. The fourth-order valence-electron chi connectivity index (χ4n) is 5.42. The number of piperazine rings is 1. The number of pyridine rings is 1. The molecule has 0 spiro atoms. The molecule has 35 heavy (non-hydrogen) atoms. The maximum Gasteiger partial charge on any atom is 0.227 e. The Morgan fingerprint density at radius 3 is 2.77 bits per heavy atom. The second-order valence-corrected chi connectivity index (χ2v) is 11.1. The molecular formula is C25H29N9S. The molecule has 0 unspecified atom stereocenters. The van der Waals surface area contributed by atoms with Crippen LogP contribution >= 0.6 is 11.3 Å².